The van der Waals surface area contributed by atoms with E-state index in [9.17, 15) is 0 Å². The van der Waals surface area contributed by atoms with Gasteiger partial charge >= 0.3 is 0 Å². The van der Waals surface area contributed by atoms with E-state index in [2.05, 4.69) is 314 Å². The maximum Gasteiger partial charge on any atom is 0.145 e. The van der Waals surface area contributed by atoms with E-state index in [1.165, 1.54) is 77.2 Å². The second kappa shape index (κ2) is 20.2. The Labute approximate surface area is 477 Å². The van der Waals surface area contributed by atoms with E-state index >= 15 is 0 Å². The molecule has 4 heteroatoms. The van der Waals surface area contributed by atoms with Crippen molar-refractivity contribution < 1.29 is 0 Å². The summed E-state index contributed by atoms with van der Waals surface area (Å²) in [7, 11) is 0. The van der Waals surface area contributed by atoms with Crippen molar-refractivity contribution in [1.29, 1.82) is 0 Å². The molecule has 2 aromatic heterocycles. The fraction of sp³-hybridized carbons (Fsp3) is 0.0256. The van der Waals surface area contributed by atoms with Gasteiger partial charge in [0.1, 0.15) is 11.6 Å². The molecule has 0 radical (unpaired) electrons. The second-order valence-corrected chi connectivity index (χ2v) is 21.4. The molecule has 82 heavy (non-hydrogen) atoms. The van der Waals surface area contributed by atoms with E-state index in [0.29, 0.717) is 0 Å². The van der Waals surface area contributed by atoms with E-state index in [-0.39, 0.29) is 0 Å². The van der Waals surface area contributed by atoms with E-state index in [0.717, 1.165) is 78.5 Å². The van der Waals surface area contributed by atoms with Crippen LogP contribution in [0.2, 0.25) is 0 Å². The minimum absolute atomic E-state index is 0.932. The second-order valence-electron chi connectivity index (χ2n) is 21.4. The Hall–Kier alpha value is -10.7. The number of hydrogen-bond donors (Lipinski definition) is 0. The van der Waals surface area contributed by atoms with E-state index in [1.807, 2.05) is 0 Å². The van der Waals surface area contributed by atoms with Crippen LogP contribution in [-0.2, 0) is 0 Å². The van der Waals surface area contributed by atoms with Gasteiger partial charge < -0.3 is 0 Å². The third-order valence-corrected chi connectivity index (χ3v) is 16.4. The maximum atomic E-state index is 5.29. The van der Waals surface area contributed by atoms with Gasteiger partial charge in [0.05, 0.1) is 22.1 Å². The largest absolute Gasteiger partial charge is 0.292 e. The molecule has 0 fully saturated rings. The van der Waals surface area contributed by atoms with Gasteiger partial charge in [0.15, 0.2) is 0 Å². The van der Waals surface area contributed by atoms with Crippen LogP contribution < -0.4 is 0 Å². The van der Waals surface area contributed by atoms with Gasteiger partial charge in [-0.15, -0.1) is 0 Å². The predicted octanol–water partition coefficient (Wildman–Crippen LogP) is 20.6. The van der Waals surface area contributed by atoms with E-state index in [1.54, 1.807) is 0 Å². The Kier molecular flexibility index (Phi) is 11.9. The molecule has 2 heterocycles. The van der Waals surface area contributed by atoms with Crippen LogP contribution in [0.3, 0.4) is 0 Å². The molecule has 0 aliphatic heterocycles. The molecule has 13 aromatic carbocycles. The molecule has 0 aliphatic carbocycles. The summed E-state index contributed by atoms with van der Waals surface area (Å²) < 4.78 is 4.57. The van der Waals surface area contributed by atoms with Crippen LogP contribution in [0.4, 0.5) is 0 Å². The highest BCUT2D eigenvalue weighted by Crippen LogP contribution is 2.47. The Bertz CT molecular complexity index is 4540. The zero-order valence-electron chi connectivity index (χ0n) is 45.5. The van der Waals surface area contributed by atoms with Crippen LogP contribution >= 0.6 is 0 Å². The number of aryl methyl sites for hydroxylation is 2. The van der Waals surface area contributed by atoms with Gasteiger partial charge in [-0.25, -0.2) is 9.97 Å². The molecule has 0 bridgehead atoms. The van der Waals surface area contributed by atoms with Crippen LogP contribution in [0.25, 0.3) is 145 Å². The third-order valence-electron chi connectivity index (χ3n) is 16.4. The molecule has 0 amide bonds. The maximum absolute atomic E-state index is 5.29. The number of imidazole rings is 2. The fourth-order valence-corrected chi connectivity index (χ4v) is 12.4. The molecule has 0 spiro atoms. The number of benzene rings is 13. The molecule has 0 aliphatic rings. The van der Waals surface area contributed by atoms with Crippen molar-refractivity contribution in [3.8, 4) is 101 Å². The lowest BCUT2D eigenvalue weighted by molar-refractivity contribution is 1.10. The number of hydrogen-bond acceptors (Lipinski definition) is 2. The lowest BCUT2D eigenvalue weighted by Gasteiger charge is -2.20. The number of fused-ring (bicyclic) bond motifs is 4. The Morgan fingerprint density at radius 3 is 0.902 bits per heavy atom. The van der Waals surface area contributed by atoms with Crippen molar-refractivity contribution in [3.63, 3.8) is 0 Å². The highest BCUT2D eigenvalue weighted by molar-refractivity contribution is 6.22. The molecule has 0 saturated heterocycles. The third kappa shape index (κ3) is 8.48. The van der Waals surface area contributed by atoms with Crippen LogP contribution in [0.1, 0.15) is 11.1 Å². The fourth-order valence-electron chi connectivity index (χ4n) is 12.4. The first kappa shape index (κ1) is 48.4. The number of aromatic nitrogens is 4. The topological polar surface area (TPSA) is 35.6 Å². The first-order valence-corrected chi connectivity index (χ1v) is 28.1. The molecule has 15 aromatic rings. The zero-order valence-corrected chi connectivity index (χ0v) is 45.5. The molecule has 4 nitrogen and oxygen atoms in total. The van der Waals surface area contributed by atoms with Crippen LogP contribution in [0.5, 0.6) is 0 Å². The Morgan fingerprint density at radius 1 is 0.244 bits per heavy atom. The number of para-hydroxylation sites is 2. The van der Waals surface area contributed by atoms with Gasteiger partial charge in [0.25, 0.3) is 0 Å². The summed E-state index contributed by atoms with van der Waals surface area (Å²) in [6.45, 7) is 4.42. The summed E-state index contributed by atoms with van der Waals surface area (Å²) in [6, 6.07) is 105. The van der Waals surface area contributed by atoms with Crippen molar-refractivity contribution in [3.05, 3.63) is 302 Å². The first-order chi connectivity index (χ1) is 40.5. The molecule has 0 atom stereocenters. The van der Waals surface area contributed by atoms with E-state index in [4.69, 9.17) is 9.97 Å². The Morgan fingerprint density at radius 2 is 0.549 bits per heavy atom. The average Bonchev–Trinajstić information content (AvgIpc) is 2.69. The van der Waals surface area contributed by atoms with Crippen LogP contribution in [0.15, 0.2) is 291 Å². The molecule has 0 saturated carbocycles. The van der Waals surface area contributed by atoms with Gasteiger partial charge in [-0.2, -0.15) is 0 Å². The van der Waals surface area contributed by atoms with Crippen molar-refractivity contribution in [2.45, 2.75) is 13.8 Å². The normalized spacial score (nSPS) is 11.5. The van der Waals surface area contributed by atoms with Crippen molar-refractivity contribution in [2.24, 2.45) is 0 Å². The summed E-state index contributed by atoms with van der Waals surface area (Å²) in [5, 5.41) is 4.88. The summed E-state index contributed by atoms with van der Waals surface area (Å²) >= 11 is 0. The molecule has 15 rings (SSSR count). The molecule has 0 N–H and O–H groups in total. The summed E-state index contributed by atoms with van der Waals surface area (Å²) in [4.78, 5) is 10.6. The van der Waals surface area contributed by atoms with E-state index < -0.39 is 0 Å². The Balaban J connectivity index is 0.814. The first-order valence-electron chi connectivity index (χ1n) is 28.1. The lowest BCUT2D eigenvalue weighted by Crippen LogP contribution is -1.97. The summed E-state index contributed by atoms with van der Waals surface area (Å²) in [6.07, 6.45) is 0. The van der Waals surface area contributed by atoms with Crippen molar-refractivity contribution in [2.75, 3.05) is 0 Å². The SMILES string of the molecule is Cc1cc2c(cc1-c1ccc(-c3ccc4c(-c5ccccc5)c5cc(-c6ccc(-c7cc8nc(-c9ccccc9)n(-c9ccccc9)c8cc7C)cc6)ccc5c(-c5ccccc5)c4c3)cc1)nc(-c1ccccc1)n2-c1ccccc1. The molecular formula is C78H54N4. The summed E-state index contributed by atoms with van der Waals surface area (Å²) in [5.74, 6) is 1.86. The summed E-state index contributed by atoms with van der Waals surface area (Å²) in [5.41, 5.74) is 25.0. The zero-order chi connectivity index (χ0) is 54.7. The van der Waals surface area contributed by atoms with Gasteiger partial charge in [0.2, 0.25) is 0 Å². The quantitative estimate of drug-likeness (QED) is 0.128. The number of rotatable bonds is 10. The minimum Gasteiger partial charge on any atom is -0.292 e. The highest BCUT2D eigenvalue weighted by Gasteiger charge is 2.22. The lowest BCUT2D eigenvalue weighted by atomic mass is 9.83. The standard InChI is InChI=1S/C78H54N4/c1-51-45-73-71(79-77(59-25-13-5-14-26-59)81(73)63-29-17-7-18-30-63)49-67(51)55-37-33-53(34-38-55)61-41-43-65-69(47-61)75(57-21-9-3-10-22-57)66-44-42-62(48-70(66)76(65)58-23-11-4-12-24-58)54-35-39-56(40-36-54)68-50-72-74(46-52(68)2)82(64-31-19-8-20-32-64)78(80-72)60-27-15-6-16-28-60/h3-50H,1-2H3. The van der Waals surface area contributed by atoms with Gasteiger partial charge in [0, 0.05) is 22.5 Å². The monoisotopic (exact) mass is 1050 g/mol. The predicted molar refractivity (Wildman–Crippen MR) is 344 cm³/mol. The van der Waals surface area contributed by atoms with Crippen LogP contribution in [-0.4, -0.2) is 19.1 Å². The van der Waals surface area contributed by atoms with Gasteiger partial charge in [-0.3, -0.25) is 9.13 Å². The van der Waals surface area contributed by atoms with Crippen molar-refractivity contribution in [1.82, 2.24) is 19.1 Å². The molecular weight excluding hydrogens is 993 g/mol. The van der Waals surface area contributed by atoms with Gasteiger partial charge in [-0.1, -0.05) is 231 Å². The molecule has 0 unspecified atom stereocenters. The van der Waals surface area contributed by atoms with Crippen LogP contribution in [0, 0.1) is 13.8 Å². The minimum atomic E-state index is 0.932. The van der Waals surface area contributed by atoms with Crippen molar-refractivity contribution >= 4 is 43.6 Å². The number of nitrogens with zero attached hydrogens (tertiary/aromatic N) is 4. The average molecular weight is 1050 g/mol. The van der Waals surface area contributed by atoms with Gasteiger partial charge in [-0.05, 0) is 174 Å². The smallest absolute Gasteiger partial charge is 0.145 e. The highest BCUT2D eigenvalue weighted by atomic mass is 15.1. The molecule has 386 valence electrons.